The van der Waals surface area contributed by atoms with E-state index in [1.807, 2.05) is 18.2 Å². The molecule has 2 nitrogen and oxygen atoms in total. The highest BCUT2D eigenvalue weighted by atomic mass is 35.5. The van der Waals surface area contributed by atoms with Crippen molar-refractivity contribution < 1.29 is 4.74 Å². The Hall–Kier alpha value is -0.730. The van der Waals surface area contributed by atoms with E-state index in [9.17, 15) is 0 Å². The van der Waals surface area contributed by atoms with E-state index >= 15 is 0 Å². The van der Waals surface area contributed by atoms with Gasteiger partial charge in [0.1, 0.15) is 5.75 Å². The molecular formula is C11H14ClNO. The third-order valence-electron chi connectivity index (χ3n) is 2.43. The molecule has 3 heteroatoms. The van der Waals surface area contributed by atoms with Gasteiger partial charge in [0, 0.05) is 12.1 Å². The van der Waals surface area contributed by atoms with Crippen LogP contribution < -0.4 is 10.5 Å². The van der Waals surface area contributed by atoms with Crippen LogP contribution in [0.2, 0.25) is 5.02 Å². The summed E-state index contributed by atoms with van der Waals surface area (Å²) in [6, 6.07) is 5.69. The summed E-state index contributed by atoms with van der Waals surface area (Å²) in [6.07, 6.45) is 2.56. The molecule has 2 rings (SSSR count). The predicted molar refractivity (Wildman–Crippen MR) is 57.6 cm³/mol. The van der Waals surface area contributed by atoms with Gasteiger partial charge in [0.25, 0.3) is 0 Å². The molecule has 0 bridgehead atoms. The van der Waals surface area contributed by atoms with Crippen LogP contribution in [0.3, 0.4) is 0 Å². The van der Waals surface area contributed by atoms with Crippen LogP contribution in [-0.4, -0.2) is 6.61 Å². The molecule has 0 heterocycles. The monoisotopic (exact) mass is 211 g/mol. The van der Waals surface area contributed by atoms with Crippen molar-refractivity contribution in [3.8, 4) is 5.75 Å². The zero-order valence-corrected chi connectivity index (χ0v) is 8.76. The quantitative estimate of drug-likeness (QED) is 0.831. The molecule has 0 spiro atoms. The number of nitrogens with two attached hydrogens (primary N) is 1. The van der Waals surface area contributed by atoms with E-state index in [0.29, 0.717) is 11.6 Å². The van der Waals surface area contributed by atoms with Crippen molar-refractivity contribution in [3.05, 3.63) is 28.8 Å². The zero-order chi connectivity index (χ0) is 9.97. The summed E-state index contributed by atoms with van der Waals surface area (Å²) in [5, 5.41) is 0.661. The number of hydrogen-bond acceptors (Lipinski definition) is 2. The highest BCUT2D eigenvalue weighted by Gasteiger charge is 2.22. The highest BCUT2D eigenvalue weighted by molar-refractivity contribution is 6.32. The largest absolute Gasteiger partial charge is 0.491 e. The Labute approximate surface area is 89.0 Å². The Kier molecular flexibility index (Phi) is 2.94. The summed E-state index contributed by atoms with van der Waals surface area (Å²) < 4.78 is 5.67. The van der Waals surface area contributed by atoms with Gasteiger partial charge in [0.15, 0.2) is 0 Å². The van der Waals surface area contributed by atoms with Gasteiger partial charge >= 0.3 is 0 Å². The van der Waals surface area contributed by atoms with Gasteiger partial charge in [-0.2, -0.15) is 0 Å². The third-order valence-corrected chi connectivity index (χ3v) is 2.73. The molecule has 1 saturated carbocycles. The lowest BCUT2D eigenvalue weighted by Gasteiger charge is -2.11. The Bertz CT molecular complexity index is 323. The molecular weight excluding hydrogens is 198 g/mol. The van der Waals surface area contributed by atoms with E-state index < -0.39 is 0 Å². The average molecular weight is 212 g/mol. The Morgan fingerprint density at radius 3 is 2.86 bits per heavy atom. The van der Waals surface area contributed by atoms with Crippen LogP contribution in [0.15, 0.2) is 18.2 Å². The maximum Gasteiger partial charge on any atom is 0.142 e. The van der Waals surface area contributed by atoms with Crippen molar-refractivity contribution in [3.63, 3.8) is 0 Å². The molecule has 0 radical (unpaired) electrons. The molecule has 1 aliphatic carbocycles. The van der Waals surface area contributed by atoms with Gasteiger partial charge in [-0.25, -0.2) is 0 Å². The van der Waals surface area contributed by atoms with Gasteiger partial charge in [0.05, 0.1) is 11.6 Å². The number of para-hydroxylation sites is 1. The summed E-state index contributed by atoms with van der Waals surface area (Å²) in [5.74, 6) is 1.50. The second-order valence-electron chi connectivity index (χ2n) is 3.69. The van der Waals surface area contributed by atoms with Crippen molar-refractivity contribution in [2.24, 2.45) is 11.7 Å². The van der Waals surface area contributed by atoms with Gasteiger partial charge in [-0.1, -0.05) is 23.7 Å². The first-order valence-electron chi connectivity index (χ1n) is 4.91. The second-order valence-corrected chi connectivity index (χ2v) is 4.09. The maximum atomic E-state index is 6.03. The van der Waals surface area contributed by atoms with Crippen molar-refractivity contribution in [2.45, 2.75) is 19.4 Å². The summed E-state index contributed by atoms with van der Waals surface area (Å²) >= 11 is 6.03. The first-order valence-corrected chi connectivity index (χ1v) is 5.29. The predicted octanol–water partition coefficient (Wildman–Crippen LogP) is 2.59. The first kappa shape index (κ1) is 9.81. The molecule has 1 fully saturated rings. The minimum Gasteiger partial charge on any atom is -0.491 e. The maximum absolute atomic E-state index is 6.03. The van der Waals surface area contributed by atoms with Crippen molar-refractivity contribution >= 4 is 11.6 Å². The standard InChI is InChI=1S/C11H14ClNO/c12-10-3-1-2-9(6-13)11(10)14-7-8-4-5-8/h1-3,8H,4-7,13H2. The first-order chi connectivity index (χ1) is 6.81. The molecule has 0 aromatic heterocycles. The number of halogens is 1. The number of ether oxygens (including phenoxy) is 1. The number of rotatable bonds is 4. The van der Waals surface area contributed by atoms with Crippen molar-refractivity contribution in [1.82, 2.24) is 0 Å². The minimum absolute atomic E-state index is 0.473. The average Bonchev–Trinajstić information content (AvgIpc) is 2.99. The van der Waals surface area contributed by atoms with Crippen molar-refractivity contribution in [2.75, 3.05) is 6.61 Å². The van der Waals surface area contributed by atoms with Gasteiger partial charge in [-0.15, -0.1) is 0 Å². The summed E-state index contributed by atoms with van der Waals surface area (Å²) in [4.78, 5) is 0. The normalized spacial score (nSPS) is 15.6. The van der Waals surface area contributed by atoms with Gasteiger partial charge in [-0.05, 0) is 24.8 Å². The Morgan fingerprint density at radius 1 is 1.43 bits per heavy atom. The molecule has 0 aliphatic heterocycles. The van der Waals surface area contributed by atoms with Gasteiger partial charge in [0.2, 0.25) is 0 Å². The van der Waals surface area contributed by atoms with Crippen molar-refractivity contribution in [1.29, 1.82) is 0 Å². The van der Waals surface area contributed by atoms with E-state index in [1.165, 1.54) is 12.8 Å². The summed E-state index contributed by atoms with van der Waals surface area (Å²) in [5.41, 5.74) is 6.59. The fraction of sp³-hybridized carbons (Fsp3) is 0.455. The van der Waals surface area contributed by atoms with Crippen LogP contribution in [0, 0.1) is 5.92 Å². The smallest absolute Gasteiger partial charge is 0.142 e. The van der Waals surface area contributed by atoms with Crippen LogP contribution in [-0.2, 0) is 6.54 Å². The zero-order valence-electron chi connectivity index (χ0n) is 8.00. The number of benzene rings is 1. The van der Waals surface area contributed by atoms with Crippen LogP contribution in [0.1, 0.15) is 18.4 Å². The Balaban J connectivity index is 2.11. The molecule has 2 N–H and O–H groups in total. The number of hydrogen-bond donors (Lipinski definition) is 1. The lowest BCUT2D eigenvalue weighted by Crippen LogP contribution is -2.05. The minimum atomic E-state index is 0.473. The van der Waals surface area contributed by atoms with Crippen LogP contribution in [0.4, 0.5) is 0 Å². The summed E-state index contributed by atoms with van der Waals surface area (Å²) in [7, 11) is 0. The highest BCUT2D eigenvalue weighted by Crippen LogP contribution is 2.33. The molecule has 0 saturated heterocycles. The van der Waals surface area contributed by atoms with Crippen LogP contribution >= 0.6 is 11.6 Å². The van der Waals surface area contributed by atoms with E-state index in [0.717, 1.165) is 23.8 Å². The fourth-order valence-electron chi connectivity index (χ4n) is 1.36. The fourth-order valence-corrected chi connectivity index (χ4v) is 1.61. The molecule has 76 valence electrons. The molecule has 14 heavy (non-hydrogen) atoms. The van der Waals surface area contributed by atoms with E-state index in [-0.39, 0.29) is 0 Å². The Morgan fingerprint density at radius 2 is 2.21 bits per heavy atom. The second kappa shape index (κ2) is 4.20. The summed E-state index contributed by atoms with van der Waals surface area (Å²) in [6.45, 7) is 1.25. The third kappa shape index (κ3) is 2.20. The van der Waals surface area contributed by atoms with Gasteiger partial charge in [-0.3, -0.25) is 0 Å². The molecule has 0 atom stereocenters. The molecule has 1 aliphatic rings. The van der Waals surface area contributed by atoms with Gasteiger partial charge < -0.3 is 10.5 Å². The molecule has 1 aromatic rings. The van der Waals surface area contributed by atoms with Crippen LogP contribution in [0.25, 0.3) is 0 Å². The van der Waals surface area contributed by atoms with E-state index in [2.05, 4.69) is 0 Å². The molecule has 0 amide bonds. The SMILES string of the molecule is NCc1cccc(Cl)c1OCC1CC1. The molecule has 1 aromatic carbocycles. The lowest BCUT2D eigenvalue weighted by molar-refractivity contribution is 0.297. The topological polar surface area (TPSA) is 35.2 Å². The lowest BCUT2D eigenvalue weighted by atomic mass is 10.2. The van der Waals surface area contributed by atoms with E-state index in [4.69, 9.17) is 22.1 Å². The van der Waals surface area contributed by atoms with E-state index in [1.54, 1.807) is 0 Å². The van der Waals surface area contributed by atoms with Crippen LogP contribution in [0.5, 0.6) is 5.75 Å². The molecule has 0 unspecified atom stereocenters.